The van der Waals surface area contributed by atoms with Gasteiger partial charge in [-0.05, 0) is 38.6 Å². The topological polar surface area (TPSA) is 70.6 Å². The van der Waals surface area contributed by atoms with Gasteiger partial charge in [-0.25, -0.2) is 0 Å². The molecule has 0 bridgehead atoms. The van der Waals surface area contributed by atoms with Gasteiger partial charge in [0, 0.05) is 13.1 Å². The Kier molecular flexibility index (Phi) is 6.32. The maximum Gasteiger partial charge on any atom is 0.322 e. The normalized spacial score (nSPS) is 12.4. The molecule has 0 aliphatic rings. The Bertz CT molecular complexity index is 390. The van der Waals surface area contributed by atoms with Crippen molar-refractivity contribution in [2.45, 2.75) is 32.5 Å². The van der Waals surface area contributed by atoms with E-state index in [4.69, 9.17) is 9.84 Å². The molecule has 0 saturated carbocycles. The number of hydrogen-bond acceptors (Lipinski definition) is 4. The van der Waals surface area contributed by atoms with E-state index in [2.05, 4.69) is 10.6 Å². The molecule has 0 radical (unpaired) electrons. The minimum absolute atomic E-state index is 0.163. The molecule has 1 atom stereocenters. The van der Waals surface area contributed by atoms with Crippen molar-refractivity contribution in [3.63, 3.8) is 0 Å². The molecular formula is C14H22N2O3. The first-order chi connectivity index (χ1) is 9.02. The first kappa shape index (κ1) is 15.5. The monoisotopic (exact) mass is 266 g/mol. The van der Waals surface area contributed by atoms with Crippen molar-refractivity contribution in [1.29, 1.82) is 0 Å². The molecule has 1 aromatic carbocycles. The summed E-state index contributed by atoms with van der Waals surface area (Å²) < 4.78 is 5.55. The summed E-state index contributed by atoms with van der Waals surface area (Å²) in [5.74, 6) is -0.00642. The van der Waals surface area contributed by atoms with Crippen LogP contribution in [0.2, 0.25) is 0 Å². The number of likely N-dealkylation sites (N-methyl/N-ethyl adjacent to an activating group) is 1. The van der Waals surface area contributed by atoms with Crippen molar-refractivity contribution in [1.82, 2.24) is 10.6 Å². The summed E-state index contributed by atoms with van der Waals surface area (Å²) in [5, 5.41) is 14.7. The van der Waals surface area contributed by atoms with Crippen molar-refractivity contribution in [3.05, 3.63) is 29.8 Å². The maximum absolute atomic E-state index is 10.8. The summed E-state index contributed by atoms with van der Waals surface area (Å²) in [6.45, 7) is 4.99. The average Bonchev–Trinajstić information content (AvgIpc) is 2.35. The van der Waals surface area contributed by atoms with E-state index in [1.54, 1.807) is 7.05 Å². The lowest BCUT2D eigenvalue weighted by atomic mass is 10.2. The van der Waals surface area contributed by atoms with E-state index in [0.717, 1.165) is 11.3 Å². The number of carboxylic acids is 1. The quantitative estimate of drug-likeness (QED) is 0.660. The Morgan fingerprint density at radius 1 is 1.32 bits per heavy atom. The molecule has 1 unspecified atom stereocenters. The Hall–Kier alpha value is -1.59. The third-order valence-electron chi connectivity index (χ3n) is 2.62. The molecule has 5 nitrogen and oxygen atoms in total. The number of rotatable bonds is 8. The first-order valence-corrected chi connectivity index (χ1v) is 6.39. The van der Waals surface area contributed by atoms with Crippen LogP contribution in [-0.2, 0) is 11.3 Å². The zero-order valence-electron chi connectivity index (χ0n) is 11.6. The van der Waals surface area contributed by atoms with Gasteiger partial charge in [0.25, 0.3) is 0 Å². The Labute approximate surface area is 114 Å². The highest BCUT2D eigenvalue weighted by molar-refractivity contribution is 5.73. The zero-order valence-corrected chi connectivity index (χ0v) is 11.6. The van der Waals surface area contributed by atoms with Gasteiger partial charge < -0.3 is 20.5 Å². The predicted octanol–water partition coefficient (Wildman–Crippen LogP) is 1.24. The SMILES string of the molecule is CNC(CNCc1ccc(OC(C)C)cc1)C(=O)O. The highest BCUT2D eigenvalue weighted by atomic mass is 16.5. The van der Waals surface area contributed by atoms with E-state index in [1.165, 1.54) is 0 Å². The fourth-order valence-electron chi connectivity index (χ4n) is 1.63. The van der Waals surface area contributed by atoms with Gasteiger partial charge in [-0.15, -0.1) is 0 Å². The van der Waals surface area contributed by atoms with Gasteiger partial charge in [-0.1, -0.05) is 12.1 Å². The van der Waals surface area contributed by atoms with Crippen LogP contribution in [0.5, 0.6) is 5.75 Å². The van der Waals surface area contributed by atoms with Crippen LogP contribution in [0, 0.1) is 0 Å². The van der Waals surface area contributed by atoms with Gasteiger partial charge in [-0.2, -0.15) is 0 Å². The number of aliphatic carboxylic acids is 1. The van der Waals surface area contributed by atoms with Crippen LogP contribution in [0.3, 0.4) is 0 Å². The van der Waals surface area contributed by atoms with Crippen molar-refractivity contribution in [3.8, 4) is 5.75 Å². The third-order valence-corrected chi connectivity index (χ3v) is 2.62. The highest BCUT2D eigenvalue weighted by Gasteiger charge is 2.13. The molecule has 106 valence electrons. The minimum Gasteiger partial charge on any atom is -0.491 e. The average molecular weight is 266 g/mol. The number of nitrogens with one attached hydrogen (secondary N) is 2. The number of carboxylic acid groups (broad SMARTS) is 1. The van der Waals surface area contributed by atoms with E-state index < -0.39 is 12.0 Å². The molecule has 3 N–H and O–H groups in total. The lowest BCUT2D eigenvalue weighted by Gasteiger charge is -2.13. The standard InChI is InChI=1S/C14H22N2O3/c1-10(2)19-12-6-4-11(5-7-12)8-16-9-13(15-3)14(17)18/h4-7,10,13,15-16H,8-9H2,1-3H3,(H,17,18). The number of ether oxygens (including phenoxy) is 1. The second kappa shape index (κ2) is 7.76. The first-order valence-electron chi connectivity index (χ1n) is 6.39. The highest BCUT2D eigenvalue weighted by Crippen LogP contribution is 2.13. The molecule has 0 fully saturated rings. The maximum atomic E-state index is 10.8. The smallest absolute Gasteiger partial charge is 0.322 e. The third kappa shape index (κ3) is 5.72. The Balaban J connectivity index is 2.39. The fourth-order valence-corrected chi connectivity index (χ4v) is 1.63. The van der Waals surface area contributed by atoms with Crippen LogP contribution in [-0.4, -0.2) is 36.8 Å². The molecule has 0 aliphatic heterocycles. The number of benzene rings is 1. The molecule has 0 aliphatic carbocycles. The molecule has 0 spiro atoms. The van der Waals surface area contributed by atoms with Gasteiger partial charge >= 0.3 is 5.97 Å². The van der Waals surface area contributed by atoms with Crippen LogP contribution in [0.4, 0.5) is 0 Å². The van der Waals surface area contributed by atoms with Gasteiger partial charge in [0.1, 0.15) is 11.8 Å². The van der Waals surface area contributed by atoms with E-state index in [9.17, 15) is 4.79 Å². The van der Waals surface area contributed by atoms with E-state index in [1.807, 2.05) is 38.1 Å². The van der Waals surface area contributed by atoms with Crippen molar-refractivity contribution >= 4 is 5.97 Å². The molecule has 0 saturated heterocycles. The minimum atomic E-state index is -0.851. The van der Waals surface area contributed by atoms with Crippen molar-refractivity contribution in [2.24, 2.45) is 0 Å². The summed E-state index contributed by atoms with van der Waals surface area (Å²) in [6, 6.07) is 7.22. The fraction of sp³-hybridized carbons (Fsp3) is 0.500. The lowest BCUT2D eigenvalue weighted by molar-refractivity contribution is -0.139. The van der Waals surface area contributed by atoms with Crippen LogP contribution < -0.4 is 15.4 Å². The second-order valence-corrected chi connectivity index (χ2v) is 4.62. The van der Waals surface area contributed by atoms with Crippen molar-refractivity contribution < 1.29 is 14.6 Å². The summed E-state index contributed by atoms with van der Waals surface area (Å²) in [5.41, 5.74) is 1.09. The van der Waals surface area contributed by atoms with E-state index in [-0.39, 0.29) is 6.10 Å². The van der Waals surface area contributed by atoms with Crippen LogP contribution in [0.25, 0.3) is 0 Å². The van der Waals surface area contributed by atoms with Crippen LogP contribution in [0.15, 0.2) is 24.3 Å². The summed E-state index contributed by atoms with van der Waals surface area (Å²) in [6.07, 6.45) is 0.163. The van der Waals surface area contributed by atoms with Gasteiger partial charge in [0.05, 0.1) is 6.10 Å². The molecule has 19 heavy (non-hydrogen) atoms. The summed E-state index contributed by atoms with van der Waals surface area (Å²) >= 11 is 0. The van der Waals surface area contributed by atoms with Gasteiger partial charge in [0.15, 0.2) is 0 Å². The van der Waals surface area contributed by atoms with E-state index in [0.29, 0.717) is 13.1 Å². The second-order valence-electron chi connectivity index (χ2n) is 4.62. The van der Waals surface area contributed by atoms with E-state index >= 15 is 0 Å². The van der Waals surface area contributed by atoms with Crippen LogP contribution in [0.1, 0.15) is 19.4 Å². The van der Waals surface area contributed by atoms with Crippen LogP contribution >= 0.6 is 0 Å². The molecule has 1 rings (SSSR count). The molecule has 0 aromatic heterocycles. The Morgan fingerprint density at radius 3 is 2.42 bits per heavy atom. The molecule has 0 amide bonds. The van der Waals surface area contributed by atoms with Crippen molar-refractivity contribution in [2.75, 3.05) is 13.6 Å². The predicted molar refractivity (Wildman–Crippen MR) is 74.4 cm³/mol. The van der Waals surface area contributed by atoms with Gasteiger partial charge in [0.2, 0.25) is 0 Å². The van der Waals surface area contributed by atoms with Gasteiger partial charge in [-0.3, -0.25) is 4.79 Å². The molecule has 0 heterocycles. The summed E-state index contributed by atoms with van der Waals surface area (Å²) in [7, 11) is 1.64. The molecule has 1 aromatic rings. The zero-order chi connectivity index (χ0) is 14.3. The lowest BCUT2D eigenvalue weighted by Crippen LogP contribution is -2.42. The number of hydrogen-bond donors (Lipinski definition) is 3. The Morgan fingerprint density at radius 2 is 1.95 bits per heavy atom. The molecule has 5 heteroatoms. The largest absolute Gasteiger partial charge is 0.491 e. The summed E-state index contributed by atoms with van der Waals surface area (Å²) in [4.78, 5) is 10.8. The molecular weight excluding hydrogens is 244 g/mol. The number of carbonyl (C=O) groups is 1.